The second-order valence-electron chi connectivity index (χ2n) is 9.10. The summed E-state index contributed by atoms with van der Waals surface area (Å²) in [5, 5.41) is 12.6. The van der Waals surface area contributed by atoms with Crippen LogP contribution >= 0.6 is 0 Å². The van der Waals surface area contributed by atoms with Crippen molar-refractivity contribution < 1.29 is 32.2 Å². The summed E-state index contributed by atoms with van der Waals surface area (Å²) in [5.74, 6) is 0.111. The van der Waals surface area contributed by atoms with Gasteiger partial charge in [-0.15, -0.1) is 0 Å². The molecule has 0 saturated carbocycles. The van der Waals surface area contributed by atoms with Gasteiger partial charge in [0.2, 0.25) is 5.91 Å². The number of carbonyl (C=O) groups is 1. The summed E-state index contributed by atoms with van der Waals surface area (Å²) in [7, 11) is 0. The van der Waals surface area contributed by atoms with Crippen LogP contribution in [-0.4, -0.2) is 11.0 Å². The van der Waals surface area contributed by atoms with Crippen LogP contribution in [0, 0.1) is 0 Å². The number of alkyl halides is 3. The largest absolute Gasteiger partial charge is 0.508 e. The van der Waals surface area contributed by atoms with E-state index in [4.69, 9.17) is 9.15 Å². The smallest absolute Gasteiger partial charge is 0.416 e. The fraction of sp³-hybridized carbons (Fsp3) is 0.0968. The summed E-state index contributed by atoms with van der Waals surface area (Å²) in [6, 6.07) is 22.7. The lowest BCUT2D eigenvalue weighted by Gasteiger charge is -2.11. The number of carbonyl (C=O) groups excluding carboxylic acids is 1. The van der Waals surface area contributed by atoms with Crippen LogP contribution in [0.4, 0.5) is 18.9 Å². The standard InChI is InChI=1S/C31H22F3NO5/c32-31(33,34)22-5-1-3-19(13-22)15-29(37)35-23-6-2-4-20(14-23)17-39-25-11-12-26-28(16-25)40-18-27(30(26)38)21-7-9-24(36)10-8-21/h1-14,16,18,36H,15,17H2,(H,35,37). The van der Waals surface area contributed by atoms with Gasteiger partial charge in [-0.25, -0.2) is 0 Å². The first kappa shape index (κ1) is 26.6. The minimum absolute atomic E-state index is 0.0961. The zero-order chi connectivity index (χ0) is 28.3. The van der Waals surface area contributed by atoms with Crippen LogP contribution in [0.5, 0.6) is 11.5 Å². The van der Waals surface area contributed by atoms with E-state index >= 15 is 0 Å². The van der Waals surface area contributed by atoms with E-state index < -0.39 is 17.6 Å². The average Bonchev–Trinajstić information content (AvgIpc) is 2.92. The molecule has 5 rings (SSSR count). The van der Waals surface area contributed by atoms with Gasteiger partial charge in [0.15, 0.2) is 5.43 Å². The van der Waals surface area contributed by atoms with E-state index in [1.807, 2.05) is 0 Å². The molecule has 0 spiro atoms. The van der Waals surface area contributed by atoms with Gasteiger partial charge in [0.25, 0.3) is 0 Å². The molecule has 0 aliphatic heterocycles. The predicted molar refractivity (Wildman–Crippen MR) is 144 cm³/mol. The van der Waals surface area contributed by atoms with E-state index in [9.17, 15) is 27.9 Å². The van der Waals surface area contributed by atoms with E-state index in [0.717, 1.165) is 17.7 Å². The second-order valence-corrected chi connectivity index (χ2v) is 9.10. The number of hydrogen-bond acceptors (Lipinski definition) is 5. The molecule has 40 heavy (non-hydrogen) atoms. The van der Waals surface area contributed by atoms with Gasteiger partial charge >= 0.3 is 6.18 Å². The zero-order valence-corrected chi connectivity index (χ0v) is 20.9. The Hall–Kier alpha value is -5.05. The minimum Gasteiger partial charge on any atom is -0.508 e. The quantitative estimate of drug-likeness (QED) is 0.231. The molecule has 0 saturated heterocycles. The number of phenolic OH excluding ortho intramolecular Hbond substituents is 1. The summed E-state index contributed by atoms with van der Waals surface area (Å²) in [5.41, 5.74) is 1.79. The van der Waals surface area contributed by atoms with Crippen molar-refractivity contribution in [3.63, 3.8) is 0 Å². The number of rotatable bonds is 7. The van der Waals surface area contributed by atoms with Gasteiger partial charge in [-0.05, 0) is 59.2 Å². The van der Waals surface area contributed by atoms with E-state index in [0.29, 0.717) is 33.5 Å². The van der Waals surface area contributed by atoms with Crippen LogP contribution in [0.15, 0.2) is 106 Å². The van der Waals surface area contributed by atoms with Crippen LogP contribution in [0.2, 0.25) is 0 Å². The summed E-state index contributed by atoms with van der Waals surface area (Å²) >= 11 is 0. The van der Waals surface area contributed by atoms with Crippen molar-refractivity contribution in [3.05, 3.63) is 124 Å². The Balaban J connectivity index is 1.24. The number of ether oxygens (including phenoxy) is 1. The Morgan fingerprint density at radius 1 is 0.900 bits per heavy atom. The van der Waals surface area contributed by atoms with Gasteiger partial charge in [0, 0.05) is 11.8 Å². The Morgan fingerprint density at radius 2 is 1.65 bits per heavy atom. The van der Waals surface area contributed by atoms with Gasteiger partial charge in [-0.3, -0.25) is 9.59 Å². The van der Waals surface area contributed by atoms with E-state index in [1.165, 1.54) is 30.5 Å². The Bertz CT molecular complexity index is 1740. The Kier molecular flexibility index (Phi) is 7.29. The molecule has 4 aromatic carbocycles. The third-order valence-corrected chi connectivity index (χ3v) is 6.16. The molecule has 0 atom stereocenters. The van der Waals surface area contributed by atoms with E-state index in [1.54, 1.807) is 54.6 Å². The third kappa shape index (κ3) is 6.15. The highest BCUT2D eigenvalue weighted by Crippen LogP contribution is 2.30. The number of nitrogens with one attached hydrogen (secondary N) is 1. The van der Waals surface area contributed by atoms with Crippen molar-refractivity contribution in [2.24, 2.45) is 0 Å². The minimum atomic E-state index is -4.48. The summed E-state index contributed by atoms with van der Waals surface area (Å²) in [6.45, 7) is 0.151. The molecule has 1 amide bonds. The fourth-order valence-corrected chi connectivity index (χ4v) is 4.19. The lowest BCUT2D eigenvalue weighted by atomic mass is 10.1. The molecule has 0 aliphatic carbocycles. The first-order valence-electron chi connectivity index (χ1n) is 12.2. The van der Waals surface area contributed by atoms with Gasteiger partial charge in [0.05, 0.1) is 22.9 Å². The maximum absolute atomic E-state index is 13.0. The molecule has 2 N–H and O–H groups in total. The number of hydrogen-bond donors (Lipinski definition) is 2. The molecule has 1 heterocycles. The van der Waals surface area contributed by atoms with Gasteiger partial charge < -0.3 is 19.6 Å². The van der Waals surface area contributed by atoms with Crippen LogP contribution in [-0.2, 0) is 24.0 Å². The highest BCUT2D eigenvalue weighted by molar-refractivity contribution is 5.92. The summed E-state index contributed by atoms with van der Waals surface area (Å²) in [4.78, 5) is 25.4. The van der Waals surface area contributed by atoms with Crippen molar-refractivity contribution in [3.8, 4) is 22.6 Å². The highest BCUT2D eigenvalue weighted by Gasteiger charge is 2.30. The molecule has 9 heteroatoms. The van der Waals surface area contributed by atoms with Crippen LogP contribution in [0.3, 0.4) is 0 Å². The van der Waals surface area contributed by atoms with Crippen LogP contribution in [0.1, 0.15) is 16.7 Å². The topological polar surface area (TPSA) is 88.8 Å². The summed E-state index contributed by atoms with van der Waals surface area (Å²) in [6.07, 6.45) is -3.32. The lowest BCUT2D eigenvalue weighted by molar-refractivity contribution is -0.137. The van der Waals surface area contributed by atoms with Gasteiger partial charge in [-0.2, -0.15) is 13.2 Å². The Morgan fingerprint density at radius 3 is 2.42 bits per heavy atom. The van der Waals surface area contributed by atoms with Crippen molar-refractivity contribution >= 4 is 22.6 Å². The molecule has 5 aromatic rings. The third-order valence-electron chi connectivity index (χ3n) is 6.16. The number of phenols is 1. The van der Waals surface area contributed by atoms with Crippen molar-refractivity contribution in [1.82, 2.24) is 0 Å². The molecule has 0 aliphatic rings. The molecule has 0 bridgehead atoms. The number of anilines is 1. The maximum atomic E-state index is 13.0. The predicted octanol–water partition coefficient (Wildman–Crippen LogP) is 6.94. The van der Waals surface area contributed by atoms with Gasteiger partial charge in [-0.1, -0.05) is 42.5 Å². The molecule has 0 fully saturated rings. The number of benzene rings is 4. The van der Waals surface area contributed by atoms with Crippen LogP contribution in [0.25, 0.3) is 22.1 Å². The molecule has 202 valence electrons. The molecule has 1 aromatic heterocycles. The number of aromatic hydroxyl groups is 1. The second kappa shape index (κ2) is 11.0. The SMILES string of the molecule is O=C(Cc1cccc(C(F)(F)F)c1)Nc1cccc(COc2ccc3c(=O)c(-c4ccc(O)cc4)coc3c2)c1. The first-order valence-corrected chi connectivity index (χ1v) is 12.2. The van der Waals surface area contributed by atoms with Crippen LogP contribution < -0.4 is 15.5 Å². The van der Waals surface area contributed by atoms with E-state index in [2.05, 4.69) is 5.32 Å². The number of amides is 1. The Labute approximate surface area is 226 Å². The number of halogens is 3. The fourth-order valence-electron chi connectivity index (χ4n) is 4.19. The molecule has 6 nitrogen and oxygen atoms in total. The monoisotopic (exact) mass is 545 g/mol. The zero-order valence-electron chi connectivity index (χ0n) is 20.9. The molecular formula is C31H22F3NO5. The maximum Gasteiger partial charge on any atom is 0.416 e. The normalized spacial score (nSPS) is 11.4. The average molecular weight is 546 g/mol. The van der Waals surface area contributed by atoms with Crippen molar-refractivity contribution in [2.45, 2.75) is 19.2 Å². The first-order chi connectivity index (χ1) is 19.2. The van der Waals surface area contributed by atoms with Crippen molar-refractivity contribution in [1.29, 1.82) is 0 Å². The van der Waals surface area contributed by atoms with Gasteiger partial charge in [0.1, 0.15) is 30.0 Å². The number of fused-ring (bicyclic) bond motifs is 1. The lowest BCUT2D eigenvalue weighted by Crippen LogP contribution is -2.15. The van der Waals surface area contributed by atoms with Crippen molar-refractivity contribution in [2.75, 3.05) is 5.32 Å². The molecular weight excluding hydrogens is 523 g/mol. The molecule has 0 unspecified atom stereocenters. The van der Waals surface area contributed by atoms with E-state index in [-0.39, 0.29) is 29.8 Å². The summed E-state index contributed by atoms with van der Waals surface area (Å²) < 4.78 is 50.4. The molecule has 0 radical (unpaired) electrons. The highest BCUT2D eigenvalue weighted by atomic mass is 19.4.